The molecule has 2 aromatic carbocycles. The van der Waals surface area contributed by atoms with Crippen LogP contribution in [0.5, 0.6) is 0 Å². The summed E-state index contributed by atoms with van der Waals surface area (Å²) in [5, 5.41) is 9.21. The van der Waals surface area contributed by atoms with E-state index >= 15 is 0 Å². The maximum absolute atomic E-state index is 12.2. The fourth-order valence-corrected chi connectivity index (χ4v) is 3.12. The van der Waals surface area contributed by atoms with Crippen LogP contribution in [0.25, 0.3) is 11.4 Å². The molecule has 3 rings (SSSR count). The van der Waals surface area contributed by atoms with Gasteiger partial charge in [-0.1, -0.05) is 65.9 Å². The van der Waals surface area contributed by atoms with Crippen molar-refractivity contribution in [3.05, 3.63) is 65.7 Å². The molecule has 116 valence electrons. The molecular weight excluding hydrogens is 306 g/mol. The summed E-state index contributed by atoms with van der Waals surface area (Å²) in [5.41, 5.74) is 2.93. The van der Waals surface area contributed by atoms with Crippen LogP contribution >= 0.6 is 11.8 Å². The van der Waals surface area contributed by atoms with Crippen LogP contribution in [0.15, 0.2) is 59.8 Å². The average molecular weight is 323 g/mol. The Bertz CT molecular complexity index is 827. The van der Waals surface area contributed by atoms with Crippen molar-refractivity contribution in [2.75, 3.05) is 5.75 Å². The van der Waals surface area contributed by atoms with Crippen LogP contribution in [0.3, 0.4) is 0 Å². The quantitative estimate of drug-likeness (QED) is 0.530. The Kier molecular flexibility index (Phi) is 4.57. The van der Waals surface area contributed by atoms with Gasteiger partial charge in [-0.25, -0.2) is 0 Å². The summed E-state index contributed by atoms with van der Waals surface area (Å²) in [4.78, 5) is 12.2. The number of aromatic nitrogens is 3. The van der Waals surface area contributed by atoms with Gasteiger partial charge in [0, 0.05) is 18.2 Å². The second-order valence-electron chi connectivity index (χ2n) is 5.31. The highest BCUT2D eigenvalue weighted by atomic mass is 32.2. The van der Waals surface area contributed by atoms with E-state index in [0.29, 0.717) is 5.75 Å². The molecule has 23 heavy (non-hydrogen) atoms. The van der Waals surface area contributed by atoms with E-state index in [2.05, 4.69) is 16.3 Å². The van der Waals surface area contributed by atoms with Crippen molar-refractivity contribution in [2.45, 2.75) is 12.1 Å². The number of hydrogen-bond donors (Lipinski definition) is 0. The molecule has 0 spiro atoms. The van der Waals surface area contributed by atoms with Gasteiger partial charge in [0.05, 0.1) is 5.75 Å². The van der Waals surface area contributed by atoms with Gasteiger partial charge in [0.15, 0.2) is 16.8 Å². The number of Topliss-reactive ketones (excluding diaryl/α,β-unsaturated/α-hetero) is 1. The first-order valence-electron chi connectivity index (χ1n) is 7.32. The fourth-order valence-electron chi connectivity index (χ4n) is 2.31. The smallest absolute Gasteiger partial charge is 0.191 e. The molecule has 0 N–H and O–H groups in total. The molecule has 0 unspecified atom stereocenters. The summed E-state index contributed by atoms with van der Waals surface area (Å²) in [5.74, 6) is 1.25. The Hall–Kier alpha value is -2.40. The highest BCUT2D eigenvalue weighted by molar-refractivity contribution is 7.99. The lowest BCUT2D eigenvalue weighted by Crippen LogP contribution is -2.03. The predicted molar refractivity (Wildman–Crippen MR) is 92.7 cm³/mol. The molecule has 1 heterocycles. The van der Waals surface area contributed by atoms with Crippen LogP contribution in [0.1, 0.15) is 15.9 Å². The molecule has 0 amide bonds. The third kappa shape index (κ3) is 3.51. The number of thioether (sulfide) groups is 1. The summed E-state index contributed by atoms with van der Waals surface area (Å²) < 4.78 is 1.93. The molecule has 0 aliphatic heterocycles. The fraction of sp³-hybridized carbons (Fsp3) is 0.167. The summed E-state index contributed by atoms with van der Waals surface area (Å²) in [6.45, 7) is 2.05. The third-order valence-corrected chi connectivity index (χ3v) is 4.56. The first kappa shape index (κ1) is 15.5. The first-order chi connectivity index (χ1) is 11.1. The lowest BCUT2D eigenvalue weighted by atomic mass is 10.1. The van der Waals surface area contributed by atoms with Crippen LogP contribution in [-0.2, 0) is 7.05 Å². The zero-order valence-corrected chi connectivity index (χ0v) is 13.9. The molecule has 5 heteroatoms. The molecular formula is C18H17N3OS. The molecule has 0 saturated carbocycles. The highest BCUT2D eigenvalue weighted by Gasteiger charge is 2.13. The van der Waals surface area contributed by atoms with Crippen LogP contribution < -0.4 is 0 Å². The third-order valence-electron chi connectivity index (χ3n) is 3.54. The van der Waals surface area contributed by atoms with E-state index in [1.165, 1.54) is 17.3 Å². The standard InChI is InChI=1S/C18H17N3OS/c1-13-7-6-10-15(11-13)17-19-20-18(21(17)2)23-12-16(22)14-8-4-3-5-9-14/h3-11H,12H2,1-2H3. The van der Waals surface area contributed by atoms with Gasteiger partial charge in [-0.15, -0.1) is 10.2 Å². The number of aryl methyl sites for hydroxylation is 1. The van der Waals surface area contributed by atoms with Gasteiger partial charge in [0.2, 0.25) is 0 Å². The molecule has 4 nitrogen and oxygen atoms in total. The molecule has 0 fully saturated rings. The molecule has 0 radical (unpaired) electrons. The minimum Gasteiger partial charge on any atom is -0.305 e. The van der Waals surface area contributed by atoms with E-state index < -0.39 is 0 Å². The summed E-state index contributed by atoms with van der Waals surface area (Å²) >= 11 is 1.41. The lowest BCUT2D eigenvalue weighted by Gasteiger charge is -2.04. The minimum absolute atomic E-state index is 0.0932. The number of carbonyl (C=O) groups is 1. The first-order valence-corrected chi connectivity index (χ1v) is 8.31. The topological polar surface area (TPSA) is 47.8 Å². The lowest BCUT2D eigenvalue weighted by molar-refractivity contribution is 0.102. The summed E-state index contributed by atoms with van der Waals surface area (Å²) in [6, 6.07) is 17.5. The Morgan fingerprint density at radius 1 is 1.09 bits per heavy atom. The highest BCUT2D eigenvalue weighted by Crippen LogP contribution is 2.23. The number of rotatable bonds is 5. The Balaban J connectivity index is 1.74. The van der Waals surface area contributed by atoms with Crippen LogP contribution in [-0.4, -0.2) is 26.3 Å². The van der Waals surface area contributed by atoms with E-state index in [1.807, 2.05) is 67.1 Å². The number of hydrogen-bond acceptors (Lipinski definition) is 4. The van der Waals surface area contributed by atoms with Crippen LogP contribution in [0.4, 0.5) is 0 Å². The van der Waals surface area contributed by atoms with Crippen molar-refractivity contribution in [2.24, 2.45) is 7.05 Å². The van der Waals surface area contributed by atoms with Crippen LogP contribution in [0.2, 0.25) is 0 Å². The van der Waals surface area contributed by atoms with Crippen molar-refractivity contribution in [1.82, 2.24) is 14.8 Å². The SMILES string of the molecule is Cc1cccc(-c2nnc(SCC(=O)c3ccccc3)n2C)c1. The Morgan fingerprint density at radius 2 is 1.87 bits per heavy atom. The van der Waals surface area contributed by atoms with Crippen molar-refractivity contribution >= 4 is 17.5 Å². The van der Waals surface area contributed by atoms with E-state index in [-0.39, 0.29) is 5.78 Å². The van der Waals surface area contributed by atoms with E-state index in [4.69, 9.17) is 0 Å². The zero-order valence-electron chi connectivity index (χ0n) is 13.1. The average Bonchev–Trinajstić information content (AvgIpc) is 2.94. The van der Waals surface area contributed by atoms with Gasteiger partial charge in [0.25, 0.3) is 0 Å². The van der Waals surface area contributed by atoms with Gasteiger partial charge < -0.3 is 4.57 Å². The molecule has 0 aliphatic carbocycles. The number of carbonyl (C=O) groups excluding carboxylic acids is 1. The molecule has 0 atom stereocenters. The zero-order chi connectivity index (χ0) is 16.2. The van der Waals surface area contributed by atoms with Gasteiger partial charge in [-0.05, 0) is 13.0 Å². The molecule has 0 saturated heterocycles. The van der Waals surface area contributed by atoms with E-state index in [0.717, 1.165) is 22.1 Å². The Labute approximate surface area is 139 Å². The molecule has 0 bridgehead atoms. The second-order valence-corrected chi connectivity index (χ2v) is 6.26. The van der Waals surface area contributed by atoms with Crippen LogP contribution in [0, 0.1) is 6.92 Å². The number of benzene rings is 2. The van der Waals surface area contributed by atoms with Gasteiger partial charge in [-0.2, -0.15) is 0 Å². The molecule has 3 aromatic rings. The second kappa shape index (κ2) is 6.79. The van der Waals surface area contributed by atoms with Crippen molar-refractivity contribution < 1.29 is 4.79 Å². The van der Waals surface area contributed by atoms with Crippen molar-refractivity contribution in [3.8, 4) is 11.4 Å². The minimum atomic E-state index is 0.0932. The predicted octanol–water partition coefficient (Wildman–Crippen LogP) is 3.77. The van der Waals surface area contributed by atoms with Crippen molar-refractivity contribution in [3.63, 3.8) is 0 Å². The summed E-state index contributed by atoms with van der Waals surface area (Å²) in [7, 11) is 1.92. The van der Waals surface area contributed by atoms with E-state index in [9.17, 15) is 4.79 Å². The monoisotopic (exact) mass is 323 g/mol. The largest absolute Gasteiger partial charge is 0.305 e. The van der Waals surface area contributed by atoms with Gasteiger partial charge in [0.1, 0.15) is 0 Å². The Morgan fingerprint density at radius 3 is 2.61 bits per heavy atom. The molecule has 1 aromatic heterocycles. The maximum Gasteiger partial charge on any atom is 0.191 e. The molecule has 0 aliphatic rings. The van der Waals surface area contributed by atoms with Crippen molar-refractivity contribution in [1.29, 1.82) is 0 Å². The van der Waals surface area contributed by atoms with Gasteiger partial charge >= 0.3 is 0 Å². The summed E-state index contributed by atoms with van der Waals surface area (Å²) in [6.07, 6.45) is 0. The maximum atomic E-state index is 12.2. The number of nitrogens with zero attached hydrogens (tertiary/aromatic N) is 3. The van der Waals surface area contributed by atoms with Gasteiger partial charge in [-0.3, -0.25) is 4.79 Å². The normalized spacial score (nSPS) is 10.7. The van der Waals surface area contributed by atoms with E-state index in [1.54, 1.807) is 0 Å². The number of ketones is 1.